The highest BCUT2D eigenvalue weighted by molar-refractivity contribution is 9.11. The van der Waals surface area contributed by atoms with Crippen LogP contribution in [-0.4, -0.2) is 12.6 Å². The normalized spacial score (nSPS) is 10.0. The highest BCUT2D eigenvalue weighted by atomic mass is 79.9. The molecule has 5 heteroatoms. The van der Waals surface area contributed by atoms with Crippen molar-refractivity contribution < 1.29 is 9.53 Å². The van der Waals surface area contributed by atoms with Crippen LogP contribution in [0.25, 0.3) is 0 Å². The molecule has 0 spiro atoms. The molecule has 0 atom stereocenters. The molecule has 0 amide bonds. The Hall–Kier alpha value is -0.0600. The summed E-state index contributed by atoms with van der Waals surface area (Å²) in [6.45, 7) is 2.08. The van der Waals surface area contributed by atoms with Gasteiger partial charge in [-0.1, -0.05) is 27.5 Å². The number of ether oxygens (including phenoxy) is 1. The van der Waals surface area contributed by atoms with Crippen LogP contribution in [-0.2, 0) is 4.74 Å². The van der Waals surface area contributed by atoms with Crippen LogP contribution in [0.2, 0.25) is 5.02 Å². The zero-order valence-electron chi connectivity index (χ0n) is 7.31. The number of benzene rings is 1. The first-order chi connectivity index (χ1) is 6.56. The first-order valence-electron chi connectivity index (χ1n) is 3.88. The molecule has 0 saturated carbocycles. The van der Waals surface area contributed by atoms with Crippen LogP contribution in [0.15, 0.2) is 21.1 Å². The quantitative estimate of drug-likeness (QED) is 0.758. The van der Waals surface area contributed by atoms with Gasteiger partial charge in [-0.3, -0.25) is 0 Å². The average molecular weight is 342 g/mol. The van der Waals surface area contributed by atoms with Gasteiger partial charge in [-0.15, -0.1) is 0 Å². The van der Waals surface area contributed by atoms with Gasteiger partial charge in [0.05, 0.1) is 17.2 Å². The number of esters is 1. The number of hydrogen-bond acceptors (Lipinski definition) is 2. The number of carbonyl (C=O) groups is 1. The highest BCUT2D eigenvalue weighted by Crippen LogP contribution is 2.29. The number of halogens is 3. The Morgan fingerprint density at radius 1 is 1.50 bits per heavy atom. The monoisotopic (exact) mass is 340 g/mol. The smallest absolute Gasteiger partial charge is 0.340 e. The van der Waals surface area contributed by atoms with Crippen molar-refractivity contribution in [1.82, 2.24) is 0 Å². The lowest BCUT2D eigenvalue weighted by Gasteiger charge is -2.06. The Labute approximate surface area is 104 Å². The van der Waals surface area contributed by atoms with Crippen molar-refractivity contribution >= 4 is 49.4 Å². The second-order valence-corrected chi connectivity index (χ2v) is 4.64. The van der Waals surface area contributed by atoms with E-state index in [1.807, 2.05) is 0 Å². The standard InChI is InChI=1S/C9H7Br2ClO2/c1-2-14-9(13)8-6(11)3-5(10)4-7(8)12/h3-4H,2H2,1H3. The van der Waals surface area contributed by atoms with Gasteiger partial charge in [0.2, 0.25) is 0 Å². The van der Waals surface area contributed by atoms with E-state index in [4.69, 9.17) is 16.3 Å². The Morgan fingerprint density at radius 3 is 2.64 bits per heavy atom. The molecule has 14 heavy (non-hydrogen) atoms. The summed E-state index contributed by atoms with van der Waals surface area (Å²) in [7, 11) is 0. The molecule has 0 unspecified atom stereocenters. The Balaban J connectivity index is 3.14. The van der Waals surface area contributed by atoms with Gasteiger partial charge < -0.3 is 4.74 Å². The minimum Gasteiger partial charge on any atom is -0.462 e. The van der Waals surface area contributed by atoms with Crippen LogP contribution in [0, 0.1) is 0 Å². The summed E-state index contributed by atoms with van der Waals surface area (Å²) in [6, 6.07) is 3.40. The number of hydrogen-bond donors (Lipinski definition) is 0. The van der Waals surface area contributed by atoms with Gasteiger partial charge in [0.15, 0.2) is 0 Å². The maximum absolute atomic E-state index is 11.4. The van der Waals surface area contributed by atoms with Gasteiger partial charge in [-0.2, -0.15) is 0 Å². The fourth-order valence-electron chi connectivity index (χ4n) is 0.940. The molecule has 0 aliphatic carbocycles. The van der Waals surface area contributed by atoms with Crippen molar-refractivity contribution in [2.45, 2.75) is 6.92 Å². The molecule has 76 valence electrons. The van der Waals surface area contributed by atoms with Crippen molar-refractivity contribution in [1.29, 1.82) is 0 Å². The van der Waals surface area contributed by atoms with Crippen LogP contribution in [0.4, 0.5) is 0 Å². The molecule has 0 aliphatic heterocycles. The molecule has 2 nitrogen and oxygen atoms in total. The van der Waals surface area contributed by atoms with Crippen LogP contribution in [0.5, 0.6) is 0 Å². The van der Waals surface area contributed by atoms with Gasteiger partial charge in [-0.05, 0) is 35.0 Å². The van der Waals surface area contributed by atoms with Crippen LogP contribution in [0.1, 0.15) is 17.3 Å². The molecule has 0 aliphatic rings. The maximum atomic E-state index is 11.4. The lowest BCUT2D eigenvalue weighted by Crippen LogP contribution is -2.06. The van der Waals surface area contributed by atoms with E-state index < -0.39 is 5.97 Å². The van der Waals surface area contributed by atoms with Crippen LogP contribution < -0.4 is 0 Å². The SMILES string of the molecule is CCOC(=O)c1c(Cl)cc(Br)cc1Br. The van der Waals surface area contributed by atoms with Gasteiger partial charge in [0.25, 0.3) is 0 Å². The molecular weight excluding hydrogens is 335 g/mol. The van der Waals surface area contributed by atoms with E-state index in [1.165, 1.54) is 0 Å². The summed E-state index contributed by atoms with van der Waals surface area (Å²) in [5.41, 5.74) is 0.358. The summed E-state index contributed by atoms with van der Waals surface area (Å²) < 4.78 is 6.29. The minimum atomic E-state index is -0.420. The lowest BCUT2D eigenvalue weighted by molar-refractivity contribution is 0.0525. The van der Waals surface area contributed by atoms with E-state index in [1.54, 1.807) is 19.1 Å². The highest BCUT2D eigenvalue weighted by Gasteiger charge is 2.16. The Bertz CT molecular complexity index is 343. The lowest BCUT2D eigenvalue weighted by atomic mass is 10.2. The third kappa shape index (κ3) is 2.72. The van der Waals surface area contributed by atoms with Crippen LogP contribution in [0.3, 0.4) is 0 Å². The van der Waals surface area contributed by atoms with Gasteiger partial charge in [0.1, 0.15) is 0 Å². The number of rotatable bonds is 2. The first kappa shape index (κ1) is 12.0. The summed E-state index contributed by atoms with van der Waals surface area (Å²) >= 11 is 12.4. The third-order valence-electron chi connectivity index (χ3n) is 1.49. The van der Waals surface area contributed by atoms with Crippen molar-refractivity contribution in [3.05, 3.63) is 31.7 Å². The molecule has 0 bridgehead atoms. The van der Waals surface area contributed by atoms with Gasteiger partial charge >= 0.3 is 5.97 Å². The Kier molecular flexibility index (Phi) is 4.41. The van der Waals surface area contributed by atoms with Gasteiger partial charge in [-0.25, -0.2) is 4.79 Å². The molecule has 1 rings (SSSR count). The van der Waals surface area contributed by atoms with Crippen molar-refractivity contribution in [2.24, 2.45) is 0 Å². The van der Waals surface area contributed by atoms with Crippen molar-refractivity contribution in [2.75, 3.05) is 6.61 Å². The molecular formula is C9H7Br2ClO2. The first-order valence-corrected chi connectivity index (χ1v) is 5.84. The predicted octanol–water partition coefficient (Wildman–Crippen LogP) is 4.04. The van der Waals surface area contributed by atoms with E-state index in [2.05, 4.69) is 31.9 Å². The van der Waals surface area contributed by atoms with Crippen LogP contribution >= 0.6 is 43.5 Å². The molecule has 0 saturated heterocycles. The molecule has 1 aromatic carbocycles. The van der Waals surface area contributed by atoms with E-state index in [9.17, 15) is 4.79 Å². The molecule has 1 aromatic rings. The predicted molar refractivity (Wildman–Crippen MR) is 62.8 cm³/mol. The van der Waals surface area contributed by atoms with Crippen molar-refractivity contribution in [3.63, 3.8) is 0 Å². The zero-order chi connectivity index (χ0) is 10.7. The largest absolute Gasteiger partial charge is 0.462 e. The zero-order valence-corrected chi connectivity index (χ0v) is 11.2. The third-order valence-corrected chi connectivity index (χ3v) is 2.87. The molecule has 0 radical (unpaired) electrons. The van der Waals surface area contributed by atoms with Crippen molar-refractivity contribution in [3.8, 4) is 0 Å². The second-order valence-electron chi connectivity index (χ2n) is 2.46. The molecule has 0 fully saturated rings. The maximum Gasteiger partial charge on any atom is 0.340 e. The van der Waals surface area contributed by atoms with E-state index in [-0.39, 0.29) is 0 Å². The fourth-order valence-corrected chi connectivity index (χ4v) is 2.87. The minimum absolute atomic E-state index is 0.331. The Morgan fingerprint density at radius 2 is 2.14 bits per heavy atom. The summed E-state index contributed by atoms with van der Waals surface area (Å²) in [5.74, 6) is -0.420. The second kappa shape index (κ2) is 5.14. The summed E-state index contributed by atoms with van der Waals surface area (Å²) in [4.78, 5) is 11.4. The van der Waals surface area contributed by atoms with E-state index in [0.29, 0.717) is 21.7 Å². The fraction of sp³-hybridized carbons (Fsp3) is 0.222. The van der Waals surface area contributed by atoms with E-state index in [0.717, 1.165) is 4.47 Å². The van der Waals surface area contributed by atoms with Gasteiger partial charge in [0, 0.05) is 8.95 Å². The van der Waals surface area contributed by atoms with E-state index >= 15 is 0 Å². The molecule has 0 N–H and O–H groups in total. The molecule has 0 heterocycles. The molecule has 0 aromatic heterocycles. The summed E-state index contributed by atoms with van der Waals surface area (Å²) in [5, 5.41) is 0.365. The summed E-state index contributed by atoms with van der Waals surface area (Å²) in [6.07, 6.45) is 0. The number of carbonyl (C=O) groups excluding carboxylic acids is 1. The topological polar surface area (TPSA) is 26.3 Å². The average Bonchev–Trinajstić information content (AvgIpc) is 2.01.